The van der Waals surface area contributed by atoms with E-state index in [4.69, 9.17) is 5.73 Å². The van der Waals surface area contributed by atoms with E-state index in [1.807, 2.05) is 24.5 Å². The van der Waals surface area contributed by atoms with E-state index in [0.717, 1.165) is 29.0 Å². The highest BCUT2D eigenvalue weighted by molar-refractivity contribution is 6.05. The van der Waals surface area contributed by atoms with Gasteiger partial charge < -0.3 is 15.2 Å². The standard InChI is InChI=1S/C28H32F3N7O/c1-16(25(33-3)13-24(32)19-5-6-19)38-9-7-20-21(23-15-36(4)35-26(23)28(29,30)31)11-18(12-22(20)27(38)39)14-37-10-8-34-17(37)2/h8,10-13,15-16,19H,5-7,9,14,32H2,1-4H3/b24-13-,33-25?/t16-/m0/s1. The molecular formula is C28H32F3N7O. The van der Waals surface area contributed by atoms with Crippen molar-refractivity contribution in [3.63, 3.8) is 0 Å². The average molecular weight is 540 g/mol. The average Bonchev–Trinajstić information content (AvgIpc) is 3.55. The van der Waals surface area contributed by atoms with Crippen LogP contribution in [0.3, 0.4) is 0 Å². The fourth-order valence-corrected chi connectivity index (χ4v) is 5.28. The van der Waals surface area contributed by atoms with Gasteiger partial charge >= 0.3 is 6.18 Å². The highest BCUT2D eigenvalue weighted by Gasteiger charge is 2.39. The number of nitrogens with zero attached hydrogens (tertiary/aromatic N) is 6. The van der Waals surface area contributed by atoms with Crippen molar-refractivity contribution in [1.82, 2.24) is 24.2 Å². The Labute approximate surface area is 225 Å². The molecule has 8 nitrogen and oxygen atoms in total. The maximum atomic E-state index is 14.0. The largest absolute Gasteiger partial charge is 0.435 e. The van der Waals surface area contributed by atoms with Gasteiger partial charge in [-0.3, -0.25) is 14.5 Å². The molecule has 2 aliphatic rings. The van der Waals surface area contributed by atoms with Gasteiger partial charge in [-0.05, 0) is 73.9 Å². The number of imidazole rings is 1. The van der Waals surface area contributed by atoms with Crippen LogP contribution >= 0.6 is 0 Å². The lowest BCUT2D eigenvalue weighted by Crippen LogP contribution is -2.47. The molecule has 1 aromatic carbocycles. The third kappa shape index (κ3) is 5.22. The zero-order valence-electron chi connectivity index (χ0n) is 22.5. The molecule has 5 rings (SSSR count). The lowest BCUT2D eigenvalue weighted by Gasteiger charge is -2.35. The second kappa shape index (κ2) is 10.0. The van der Waals surface area contributed by atoms with Crippen LogP contribution in [0.15, 0.2) is 47.5 Å². The van der Waals surface area contributed by atoms with Gasteiger partial charge in [0.05, 0.1) is 11.8 Å². The first-order valence-corrected chi connectivity index (χ1v) is 13.0. The van der Waals surface area contributed by atoms with Crippen LogP contribution in [0.1, 0.15) is 52.8 Å². The third-order valence-electron chi connectivity index (χ3n) is 7.58. The lowest BCUT2D eigenvalue weighted by atomic mass is 9.87. The minimum atomic E-state index is -4.64. The number of amides is 1. The third-order valence-corrected chi connectivity index (χ3v) is 7.58. The first-order chi connectivity index (χ1) is 18.5. The van der Waals surface area contributed by atoms with E-state index in [1.54, 1.807) is 36.5 Å². The zero-order chi connectivity index (χ0) is 28.1. The number of benzene rings is 1. The Morgan fingerprint density at radius 3 is 2.59 bits per heavy atom. The molecule has 1 aliphatic heterocycles. The smallest absolute Gasteiger partial charge is 0.402 e. The summed E-state index contributed by atoms with van der Waals surface area (Å²) in [6.07, 6.45) is 4.57. The number of aromatic nitrogens is 4. The molecule has 1 atom stereocenters. The van der Waals surface area contributed by atoms with Crippen molar-refractivity contribution < 1.29 is 18.0 Å². The summed E-state index contributed by atoms with van der Waals surface area (Å²) in [7, 11) is 3.14. The molecule has 1 aliphatic carbocycles. The van der Waals surface area contributed by atoms with Crippen molar-refractivity contribution in [2.75, 3.05) is 13.6 Å². The van der Waals surface area contributed by atoms with Gasteiger partial charge in [-0.2, -0.15) is 18.3 Å². The number of hydrogen-bond donors (Lipinski definition) is 1. The number of carbonyl (C=O) groups is 1. The molecule has 0 unspecified atom stereocenters. The first-order valence-electron chi connectivity index (χ1n) is 13.0. The Bertz CT molecular complexity index is 1480. The normalized spacial score (nSPS) is 17.5. The topological polar surface area (TPSA) is 94.3 Å². The second-order valence-corrected chi connectivity index (χ2v) is 10.3. The molecule has 1 saturated carbocycles. The predicted molar refractivity (Wildman–Crippen MR) is 142 cm³/mol. The maximum absolute atomic E-state index is 14.0. The van der Waals surface area contributed by atoms with Gasteiger partial charge in [0.25, 0.3) is 5.91 Å². The maximum Gasteiger partial charge on any atom is 0.435 e. The molecule has 0 radical (unpaired) electrons. The Morgan fingerprint density at radius 1 is 1.26 bits per heavy atom. The van der Waals surface area contributed by atoms with Gasteiger partial charge in [-0.25, -0.2) is 4.98 Å². The molecule has 3 aromatic rings. The summed E-state index contributed by atoms with van der Waals surface area (Å²) in [6.45, 7) is 4.46. The zero-order valence-corrected chi connectivity index (χ0v) is 22.5. The molecule has 1 fully saturated rings. The summed E-state index contributed by atoms with van der Waals surface area (Å²) in [5.41, 5.74) is 8.77. The minimum Gasteiger partial charge on any atom is -0.402 e. The van der Waals surface area contributed by atoms with Crippen molar-refractivity contribution >= 4 is 11.6 Å². The number of aryl methyl sites for hydroxylation is 2. The Kier molecular flexibility index (Phi) is 6.86. The van der Waals surface area contributed by atoms with E-state index in [9.17, 15) is 18.0 Å². The highest BCUT2D eigenvalue weighted by Crippen LogP contribution is 2.40. The summed E-state index contributed by atoms with van der Waals surface area (Å²) in [5, 5.41) is 3.72. The van der Waals surface area contributed by atoms with Crippen molar-refractivity contribution in [3.8, 4) is 11.1 Å². The molecule has 206 valence electrons. The Morgan fingerprint density at radius 2 is 1.97 bits per heavy atom. The van der Waals surface area contributed by atoms with Crippen LogP contribution in [0, 0.1) is 12.8 Å². The van der Waals surface area contributed by atoms with Crippen LogP contribution in [-0.2, 0) is 26.2 Å². The molecular weight excluding hydrogens is 507 g/mol. The summed E-state index contributed by atoms with van der Waals surface area (Å²) >= 11 is 0. The van der Waals surface area contributed by atoms with Crippen LogP contribution in [0.5, 0.6) is 0 Å². The van der Waals surface area contributed by atoms with Crippen LogP contribution < -0.4 is 5.73 Å². The van der Waals surface area contributed by atoms with Gasteiger partial charge in [0, 0.05) is 62.6 Å². The van der Waals surface area contributed by atoms with Crippen LogP contribution in [-0.4, -0.2) is 55.5 Å². The summed E-state index contributed by atoms with van der Waals surface area (Å²) in [4.78, 5) is 24.3. The Balaban J connectivity index is 1.59. The molecule has 1 amide bonds. The number of aliphatic imine (C=N–C) groups is 1. The molecule has 39 heavy (non-hydrogen) atoms. The summed E-state index contributed by atoms with van der Waals surface area (Å²) in [6, 6.07) is 3.19. The Hall–Kier alpha value is -3.89. The summed E-state index contributed by atoms with van der Waals surface area (Å²) in [5.74, 6) is 0.883. The van der Waals surface area contributed by atoms with Gasteiger partial charge in [0.15, 0.2) is 5.69 Å². The second-order valence-electron chi connectivity index (χ2n) is 10.3. The molecule has 3 heterocycles. The van der Waals surface area contributed by atoms with Crippen molar-refractivity contribution in [2.45, 2.75) is 51.9 Å². The van der Waals surface area contributed by atoms with E-state index in [0.29, 0.717) is 53.4 Å². The van der Waals surface area contributed by atoms with Gasteiger partial charge in [-0.15, -0.1) is 0 Å². The minimum absolute atomic E-state index is 0.0318. The number of hydrogen-bond acceptors (Lipinski definition) is 5. The number of halogens is 3. The summed E-state index contributed by atoms with van der Waals surface area (Å²) < 4.78 is 45.0. The van der Waals surface area contributed by atoms with E-state index >= 15 is 0 Å². The van der Waals surface area contributed by atoms with Crippen molar-refractivity contribution in [2.24, 2.45) is 23.7 Å². The molecule has 0 saturated heterocycles. The number of carbonyl (C=O) groups excluding carboxylic acids is 1. The molecule has 2 N–H and O–H groups in total. The SMILES string of the molecule is CN=C(/C=C(\N)C1CC1)[C@H](C)N1CCc2c(cc(Cn3ccnc3C)cc2-c2cn(C)nc2C(F)(F)F)C1=O. The fourth-order valence-electron chi connectivity index (χ4n) is 5.28. The predicted octanol–water partition coefficient (Wildman–Crippen LogP) is 4.37. The highest BCUT2D eigenvalue weighted by atomic mass is 19.4. The fraction of sp³-hybridized carbons (Fsp3) is 0.429. The van der Waals surface area contributed by atoms with Crippen LogP contribution in [0.2, 0.25) is 0 Å². The molecule has 0 spiro atoms. The number of alkyl halides is 3. The van der Waals surface area contributed by atoms with E-state index in [1.165, 1.54) is 13.2 Å². The molecule has 0 bridgehead atoms. The molecule has 11 heteroatoms. The van der Waals surface area contributed by atoms with Gasteiger partial charge in [0.2, 0.25) is 0 Å². The lowest BCUT2D eigenvalue weighted by molar-refractivity contribution is -0.140. The first kappa shape index (κ1) is 26.7. The quantitative estimate of drug-likeness (QED) is 0.451. The number of nitrogens with two attached hydrogens (primary N) is 1. The number of rotatable bonds is 7. The van der Waals surface area contributed by atoms with Crippen LogP contribution in [0.25, 0.3) is 11.1 Å². The monoisotopic (exact) mass is 539 g/mol. The van der Waals surface area contributed by atoms with Gasteiger partial charge in [0.1, 0.15) is 5.82 Å². The number of fused-ring (bicyclic) bond motifs is 1. The van der Waals surface area contributed by atoms with Crippen molar-refractivity contribution in [1.29, 1.82) is 0 Å². The molecule has 2 aromatic heterocycles. The van der Waals surface area contributed by atoms with Crippen LogP contribution in [0.4, 0.5) is 13.2 Å². The van der Waals surface area contributed by atoms with E-state index in [2.05, 4.69) is 15.1 Å². The number of allylic oxidation sites excluding steroid dienone is 1. The van der Waals surface area contributed by atoms with E-state index < -0.39 is 11.9 Å². The van der Waals surface area contributed by atoms with E-state index in [-0.39, 0.29) is 17.5 Å². The van der Waals surface area contributed by atoms with Gasteiger partial charge in [-0.1, -0.05) is 0 Å². The van der Waals surface area contributed by atoms with Crippen molar-refractivity contribution in [3.05, 3.63) is 70.7 Å².